The molecule has 0 spiro atoms. The molecule has 2 amide bonds. The van der Waals surface area contributed by atoms with Crippen LogP contribution < -0.4 is 5.32 Å². The van der Waals surface area contributed by atoms with E-state index in [0.717, 1.165) is 53.2 Å². The summed E-state index contributed by atoms with van der Waals surface area (Å²) in [5.41, 5.74) is 4.94. The third kappa shape index (κ3) is 5.01. The van der Waals surface area contributed by atoms with E-state index in [1.807, 2.05) is 41.9 Å². The van der Waals surface area contributed by atoms with Gasteiger partial charge in [-0.2, -0.15) is 5.10 Å². The lowest BCUT2D eigenvalue weighted by atomic mass is 10.0. The Balaban J connectivity index is 1.53. The number of rotatable bonds is 6. The third-order valence-corrected chi connectivity index (χ3v) is 8.07. The fourth-order valence-electron chi connectivity index (χ4n) is 5.11. The van der Waals surface area contributed by atoms with Gasteiger partial charge in [0.1, 0.15) is 11.1 Å². The van der Waals surface area contributed by atoms with Crippen molar-refractivity contribution < 1.29 is 9.59 Å². The van der Waals surface area contributed by atoms with Crippen LogP contribution in [0.4, 0.5) is 0 Å². The highest BCUT2D eigenvalue weighted by molar-refractivity contribution is 8.00. The number of carbonyl (C=O) groups is 2. The Morgan fingerprint density at radius 1 is 1.06 bits per heavy atom. The largest absolute Gasteiger partial charge is 0.351 e. The molecule has 0 radical (unpaired) electrons. The first-order valence-electron chi connectivity index (χ1n) is 12.4. The molecule has 6 nitrogen and oxygen atoms in total. The van der Waals surface area contributed by atoms with Gasteiger partial charge in [0, 0.05) is 18.2 Å². The molecule has 1 N–H and O–H groups in total. The summed E-state index contributed by atoms with van der Waals surface area (Å²) in [5.74, 6) is 0.184. The van der Waals surface area contributed by atoms with E-state index in [2.05, 4.69) is 36.5 Å². The summed E-state index contributed by atoms with van der Waals surface area (Å²) >= 11 is 1.48. The van der Waals surface area contributed by atoms with Crippen molar-refractivity contribution in [3.05, 3.63) is 77.0 Å². The number of nitrogens with zero attached hydrogens (tertiary/aromatic N) is 3. The minimum Gasteiger partial charge on any atom is -0.351 e. The van der Waals surface area contributed by atoms with Crippen LogP contribution in [-0.2, 0) is 16.0 Å². The molecule has 0 bridgehead atoms. The maximum atomic E-state index is 13.8. The zero-order valence-electron chi connectivity index (χ0n) is 20.4. The molecule has 1 aliphatic carbocycles. The average molecular weight is 489 g/mol. The molecular formula is C28H32N4O2S. The predicted octanol–water partition coefficient (Wildman–Crippen LogP) is 4.77. The molecule has 1 unspecified atom stereocenters. The van der Waals surface area contributed by atoms with Crippen LogP contribution in [0.2, 0.25) is 0 Å². The predicted molar refractivity (Wildman–Crippen MR) is 139 cm³/mol. The molecule has 1 saturated carbocycles. The summed E-state index contributed by atoms with van der Waals surface area (Å²) in [6.45, 7) is 4.50. The van der Waals surface area contributed by atoms with Gasteiger partial charge in [0.2, 0.25) is 11.8 Å². The van der Waals surface area contributed by atoms with E-state index in [1.165, 1.54) is 17.3 Å². The second-order valence-electron chi connectivity index (χ2n) is 9.56. The molecule has 0 saturated heterocycles. The Morgan fingerprint density at radius 3 is 2.49 bits per heavy atom. The first kappa shape index (κ1) is 23.7. The number of amides is 2. The Hall–Kier alpha value is -3.06. The quantitative estimate of drug-likeness (QED) is 0.543. The highest BCUT2D eigenvalue weighted by Gasteiger charge is 2.40. The molecule has 2 aromatic carbocycles. The number of para-hydroxylation sites is 1. The van der Waals surface area contributed by atoms with E-state index in [1.54, 1.807) is 4.90 Å². The van der Waals surface area contributed by atoms with Crippen molar-refractivity contribution in [3.63, 3.8) is 0 Å². The van der Waals surface area contributed by atoms with Crippen LogP contribution >= 0.6 is 11.8 Å². The van der Waals surface area contributed by atoms with Crippen molar-refractivity contribution in [2.45, 2.75) is 63.1 Å². The second kappa shape index (κ2) is 10.3. The van der Waals surface area contributed by atoms with Gasteiger partial charge in [-0.25, -0.2) is 4.68 Å². The minimum atomic E-state index is -0.684. The number of fused-ring (bicyclic) bond motifs is 1. The van der Waals surface area contributed by atoms with Gasteiger partial charge in [-0.1, -0.05) is 72.6 Å². The summed E-state index contributed by atoms with van der Waals surface area (Å²) in [6, 6.07) is 17.8. The number of carbonyl (C=O) groups excluding carboxylic acids is 2. The number of thioether (sulfide) groups is 1. The topological polar surface area (TPSA) is 67.2 Å². The smallest absolute Gasteiger partial charge is 0.247 e. The Labute approximate surface area is 211 Å². The molecule has 35 heavy (non-hydrogen) atoms. The molecular weight excluding hydrogens is 456 g/mol. The van der Waals surface area contributed by atoms with Crippen molar-refractivity contribution in [3.8, 4) is 5.69 Å². The summed E-state index contributed by atoms with van der Waals surface area (Å²) in [6.07, 6.45) is 4.97. The molecule has 2 aliphatic rings. The molecule has 3 aromatic rings. The molecule has 2 heterocycles. The normalized spacial score (nSPS) is 18.4. The molecule has 7 heteroatoms. The van der Waals surface area contributed by atoms with Crippen LogP contribution in [0.1, 0.15) is 54.1 Å². The van der Waals surface area contributed by atoms with E-state index in [9.17, 15) is 9.59 Å². The lowest BCUT2D eigenvalue weighted by Crippen LogP contribution is -2.47. The average Bonchev–Trinajstić information content (AvgIpc) is 3.45. The molecule has 1 fully saturated rings. The fourth-order valence-corrected chi connectivity index (χ4v) is 6.22. The lowest BCUT2D eigenvalue weighted by Gasteiger charge is -2.30. The lowest BCUT2D eigenvalue weighted by molar-refractivity contribution is -0.139. The highest BCUT2D eigenvalue weighted by Crippen LogP contribution is 2.39. The first-order valence-corrected chi connectivity index (χ1v) is 13.4. The summed E-state index contributed by atoms with van der Waals surface area (Å²) in [4.78, 5) is 29.1. The number of aryl methyl sites for hydroxylation is 2. The zero-order valence-corrected chi connectivity index (χ0v) is 21.2. The fraction of sp³-hybridized carbons (Fsp3) is 0.393. The van der Waals surface area contributed by atoms with Gasteiger partial charge in [-0.15, -0.1) is 0 Å². The van der Waals surface area contributed by atoms with Crippen molar-refractivity contribution in [1.82, 2.24) is 20.0 Å². The summed E-state index contributed by atoms with van der Waals surface area (Å²) in [5, 5.41) is 8.99. The van der Waals surface area contributed by atoms with Crippen molar-refractivity contribution in [1.29, 1.82) is 0 Å². The molecule has 1 aromatic heterocycles. The number of nitrogens with one attached hydrogen (secondary N) is 1. The first-order chi connectivity index (χ1) is 17.0. The van der Waals surface area contributed by atoms with Crippen molar-refractivity contribution in [2.75, 3.05) is 12.3 Å². The molecule has 1 aliphatic heterocycles. The van der Waals surface area contributed by atoms with Gasteiger partial charge >= 0.3 is 0 Å². The van der Waals surface area contributed by atoms with Gasteiger partial charge in [0.25, 0.3) is 0 Å². The maximum absolute atomic E-state index is 13.8. The van der Waals surface area contributed by atoms with E-state index in [4.69, 9.17) is 5.10 Å². The second-order valence-corrected chi connectivity index (χ2v) is 10.5. The van der Waals surface area contributed by atoms with E-state index in [0.29, 0.717) is 13.0 Å². The monoisotopic (exact) mass is 488 g/mol. The van der Waals surface area contributed by atoms with E-state index in [-0.39, 0.29) is 23.6 Å². The third-order valence-electron chi connectivity index (χ3n) is 7.01. The number of aromatic nitrogens is 2. The maximum Gasteiger partial charge on any atom is 0.247 e. The van der Waals surface area contributed by atoms with E-state index >= 15 is 0 Å². The van der Waals surface area contributed by atoms with Crippen LogP contribution in [0, 0.1) is 13.8 Å². The van der Waals surface area contributed by atoms with Crippen LogP contribution in [0.5, 0.6) is 0 Å². The Bertz CT molecular complexity index is 1200. The number of benzene rings is 2. The van der Waals surface area contributed by atoms with Gasteiger partial charge < -0.3 is 10.2 Å². The SMILES string of the molecule is Cc1ccc(CCN2C(=O)CSc3c(c(C)nn3-c3ccccc3)C2C(=O)NC2CCCC2)cc1. The number of hydrogen-bond acceptors (Lipinski definition) is 4. The Kier molecular flexibility index (Phi) is 6.95. The minimum absolute atomic E-state index is 0.0103. The van der Waals surface area contributed by atoms with Crippen LogP contribution in [-0.4, -0.2) is 44.8 Å². The number of hydrogen-bond donors (Lipinski definition) is 1. The van der Waals surface area contributed by atoms with Crippen molar-refractivity contribution in [2.24, 2.45) is 0 Å². The molecule has 5 rings (SSSR count). The Morgan fingerprint density at radius 2 is 1.77 bits per heavy atom. The van der Waals surface area contributed by atoms with Crippen LogP contribution in [0.3, 0.4) is 0 Å². The molecule has 182 valence electrons. The zero-order chi connectivity index (χ0) is 24.4. The highest BCUT2D eigenvalue weighted by atomic mass is 32.2. The van der Waals surface area contributed by atoms with Crippen LogP contribution in [0.15, 0.2) is 59.6 Å². The standard InChI is InChI=1S/C28H32N4O2S/c1-19-12-14-21(15-13-19)16-17-31-24(33)18-35-28-25(26(31)27(34)29-22-8-6-7-9-22)20(2)30-32(28)23-10-4-3-5-11-23/h3-5,10-15,22,26H,6-9,16-18H2,1-2H3,(H,29,34). The van der Waals surface area contributed by atoms with Gasteiger partial charge in [-0.05, 0) is 50.8 Å². The van der Waals surface area contributed by atoms with Gasteiger partial charge in [0.05, 0.1) is 17.1 Å². The van der Waals surface area contributed by atoms with Crippen LogP contribution in [0.25, 0.3) is 5.69 Å². The van der Waals surface area contributed by atoms with Gasteiger partial charge in [-0.3, -0.25) is 9.59 Å². The summed E-state index contributed by atoms with van der Waals surface area (Å²) < 4.78 is 1.89. The van der Waals surface area contributed by atoms with E-state index < -0.39 is 6.04 Å². The summed E-state index contributed by atoms with van der Waals surface area (Å²) in [7, 11) is 0. The van der Waals surface area contributed by atoms with Gasteiger partial charge in [0.15, 0.2) is 0 Å². The molecule has 1 atom stereocenters. The van der Waals surface area contributed by atoms with Crippen molar-refractivity contribution >= 4 is 23.6 Å².